The van der Waals surface area contributed by atoms with Gasteiger partial charge in [-0.2, -0.15) is 0 Å². The van der Waals surface area contributed by atoms with Gasteiger partial charge in [-0.05, 0) is 6.07 Å². The van der Waals surface area contributed by atoms with Crippen LogP contribution in [0.4, 0.5) is 0 Å². The van der Waals surface area contributed by atoms with E-state index in [1.165, 1.54) is 18.5 Å². The number of sulfone groups is 1. The standard InChI is InChI=1S/C10H13NO5S/c1-2-17(14,15)4-3-16-9-5-8(10(12)13)6-11-7-9/h5-7H,2-4H2,1H3,(H,12,13). The number of carboxylic acid groups (broad SMARTS) is 1. The topological polar surface area (TPSA) is 93.6 Å². The number of carboxylic acids is 1. The first-order valence-corrected chi connectivity index (χ1v) is 6.78. The van der Waals surface area contributed by atoms with Gasteiger partial charge in [0.05, 0.1) is 17.5 Å². The molecule has 17 heavy (non-hydrogen) atoms. The van der Waals surface area contributed by atoms with Gasteiger partial charge >= 0.3 is 5.97 Å². The second-order valence-electron chi connectivity index (χ2n) is 3.30. The Bertz CT molecular complexity index is 497. The summed E-state index contributed by atoms with van der Waals surface area (Å²) in [4.78, 5) is 14.3. The second kappa shape index (κ2) is 5.62. The van der Waals surface area contributed by atoms with Gasteiger partial charge < -0.3 is 9.84 Å². The zero-order valence-electron chi connectivity index (χ0n) is 9.29. The van der Waals surface area contributed by atoms with Crippen LogP contribution in [0.2, 0.25) is 0 Å². The number of aromatic carboxylic acids is 1. The average Bonchev–Trinajstić information content (AvgIpc) is 2.29. The Labute approximate surface area is 99.2 Å². The van der Waals surface area contributed by atoms with Gasteiger partial charge in [-0.1, -0.05) is 6.92 Å². The molecule has 94 valence electrons. The Hall–Kier alpha value is -1.63. The number of rotatable bonds is 6. The normalized spacial score (nSPS) is 11.1. The molecule has 1 rings (SSSR count). The van der Waals surface area contributed by atoms with Crippen LogP contribution in [0.5, 0.6) is 5.75 Å². The highest BCUT2D eigenvalue weighted by Crippen LogP contribution is 2.11. The van der Waals surface area contributed by atoms with E-state index in [1.807, 2.05) is 0 Å². The molecular weight excluding hydrogens is 246 g/mol. The van der Waals surface area contributed by atoms with Gasteiger partial charge in [0.25, 0.3) is 0 Å². The summed E-state index contributed by atoms with van der Waals surface area (Å²) in [5.74, 6) is -0.898. The van der Waals surface area contributed by atoms with E-state index in [0.717, 1.165) is 0 Å². The zero-order chi connectivity index (χ0) is 12.9. The molecule has 0 saturated heterocycles. The van der Waals surface area contributed by atoms with Crippen molar-refractivity contribution < 1.29 is 23.1 Å². The van der Waals surface area contributed by atoms with Gasteiger partial charge in [0.2, 0.25) is 0 Å². The van der Waals surface area contributed by atoms with Crippen molar-refractivity contribution >= 4 is 15.8 Å². The van der Waals surface area contributed by atoms with Gasteiger partial charge in [-0.3, -0.25) is 4.98 Å². The first kappa shape index (κ1) is 13.4. The van der Waals surface area contributed by atoms with Crippen molar-refractivity contribution in [1.29, 1.82) is 0 Å². The minimum Gasteiger partial charge on any atom is -0.491 e. The van der Waals surface area contributed by atoms with Crippen LogP contribution < -0.4 is 4.74 Å². The molecule has 0 bridgehead atoms. The number of carbonyl (C=O) groups is 1. The number of hydrogen-bond acceptors (Lipinski definition) is 5. The largest absolute Gasteiger partial charge is 0.491 e. The number of aromatic nitrogens is 1. The predicted octanol–water partition coefficient (Wildman–Crippen LogP) is 0.593. The van der Waals surface area contributed by atoms with Gasteiger partial charge in [0.1, 0.15) is 12.4 Å². The lowest BCUT2D eigenvalue weighted by atomic mass is 10.3. The quantitative estimate of drug-likeness (QED) is 0.803. The van der Waals surface area contributed by atoms with E-state index in [4.69, 9.17) is 9.84 Å². The maximum absolute atomic E-state index is 11.2. The molecule has 0 aromatic carbocycles. The summed E-state index contributed by atoms with van der Waals surface area (Å²) >= 11 is 0. The summed E-state index contributed by atoms with van der Waals surface area (Å²) in [6.45, 7) is 1.54. The monoisotopic (exact) mass is 259 g/mol. The third-order valence-corrected chi connectivity index (χ3v) is 3.73. The van der Waals surface area contributed by atoms with Crippen molar-refractivity contribution in [2.45, 2.75) is 6.92 Å². The molecule has 0 saturated carbocycles. The Balaban J connectivity index is 2.58. The van der Waals surface area contributed by atoms with E-state index in [-0.39, 0.29) is 29.4 Å². The molecule has 1 aromatic heterocycles. The number of nitrogens with zero attached hydrogens (tertiary/aromatic N) is 1. The van der Waals surface area contributed by atoms with Crippen LogP contribution in [0, 0.1) is 0 Å². The summed E-state index contributed by atoms with van der Waals surface area (Å²) in [5.41, 5.74) is 0.000786. The van der Waals surface area contributed by atoms with Crippen molar-refractivity contribution in [2.24, 2.45) is 0 Å². The third kappa shape index (κ3) is 4.39. The molecule has 1 aromatic rings. The Morgan fingerprint density at radius 3 is 2.76 bits per heavy atom. The summed E-state index contributed by atoms with van der Waals surface area (Å²) in [6.07, 6.45) is 2.53. The molecule has 7 heteroatoms. The van der Waals surface area contributed by atoms with Crippen LogP contribution in [0.15, 0.2) is 18.5 Å². The Kier molecular flexibility index (Phi) is 4.45. The average molecular weight is 259 g/mol. The minimum absolute atomic E-state index is 0.000786. The number of ether oxygens (including phenoxy) is 1. The van der Waals surface area contributed by atoms with E-state index >= 15 is 0 Å². The maximum Gasteiger partial charge on any atom is 0.337 e. The Morgan fingerprint density at radius 2 is 2.18 bits per heavy atom. The predicted molar refractivity (Wildman–Crippen MR) is 61.0 cm³/mol. The lowest BCUT2D eigenvalue weighted by Crippen LogP contribution is -2.15. The SMILES string of the molecule is CCS(=O)(=O)CCOc1cncc(C(=O)O)c1. The lowest BCUT2D eigenvalue weighted by Gasteiger charge is -2.06. The lowest BCUT2D eigenvalue weighted by molar-refractivity contribution is 0.0696. The molecule has 1 N–H and O–H groups in total. The molecule has 0 fully saturated rings. The molecule has 0 radical (unpaired) electrons. The smallest absolute Gasteiger partial charge is 0.337 e. The van der Waals surface area contributed by atoms with Crippen LogP contribution in [0.1, 0.15) is 17.3 Å². The van der Waals surface area contributed by atoms with E-state index in [2.05, 4.69) is 4.98 Å². The van der Waals surface area contributed by atoms with Crippen LogP contribution in [0.25, 0.3) is 0 Å². The van der Waals surface area contributed by atoms with Gasteiger partial charge in [0.15, 0.2) is 9.84 Å². The second-order valence-corrected chi connectivity index (χ2v) is 5.77. The highest BCUT2D eigenvalue weighted by atomic mass is 32.2. The molecule has 0 amide bonds. The Morgan fingerprint density at radius 1 is 1.47 bits per heavy atom. The highest BCUT2D eigenvalue weighted by molar-refractivity contribution is 7.91. The summed E-state index contributed by atoms with van der Waals surface area (Å²) < 4.78 is 27.5. The molecule has 0 unspecified atom stereocenters. The van der Waals surface area contributed by atoms with Crippen molar-refractivity contribution in [2.75, 3.05) is 18.1 Å². The van der Waals surface area contributed by atoms with Crippen LogP contribution in [-0.2, 0) is 9.84 Å². The number of pyridine rings is 1. The summed E-state index contributed by atoms with van der Waals surface area (Å²) in [7, 11) is -3.08. The van der Waals surface area contributed by atoms with E-state index in [9.17, 15) is 13.2 Å². The molecule has 1 heterocycles. The van der Waals surface area contributed by atoms with Crippen molar-refractivity contribution in [3.8, 4) is 5.75 Å². The summed E-state index contributed by atoms with van der Waals surface area (Å²) in [6, 6.07) is 1.30. The molecule has 0 spiro atoms. The van der Waals surface area contributed by atoms with E-state index < -0.39 is 15.8 Å². The first-order valence-electron chi connectivity index (χ1n) is 4.96. The van der Waals surface area contributed by atoms with Crippen molar-refractivity contribution in [3.63, 3.8) is 0 Å². The number of hydrogen-bond donors (Lipinski definition) is 1. The fourth-order valence-electron chi connectivity index (χ4n) is 1.05. The van der Waals surface area contributed by atoms with E-state index in [1.54, 1.807) is 6.92 Å². The highest BCUT2D eigenvalue weighted by Gasteiger charge is 2.08. The molecule has 0 aliphatic heterocycles. The van der Waals surface area contributed by atoms with Crippen LogP contribution in [0.3, 0.4) is 0 Å². The summed E-state index contributed by atoms with van der Waals surface area (Å²) in [5, 5.41) is 8.71. The molecule has 0 aliphatic rings. The molecular formula is C10H13NO5S. The van der Waals surface area contributed by atoms with Crippen LogP contribution >= 0.6 is 0 Å². The van der Waals surface area contributed by atoms with Gasteiger partial charge in [-0.15, -0.1) is 0 Å². The third-order valence-electron chi connectivity index (χ3n) is 2.06. The van der Waals surface area contributed by atoms with Gasteiger partial charge in [-0.25, -0.2) is 13.2 Å². The zero-order valence-corrected chi connectivity index (χ0v) is 10.1. The fourth-order valence-corrected chi connectivity index (χ4v) is 1.67. The van der Waals surface area contributed by atoms with Crippen LogP contribution in [-0.4, -0.2) is 42.6 Å². The molecule has 6 nitrogen and oxygen atoms in total. The van der Waals surface area contributed by atoms with Gasteiger partial charge in [0, 0.05) is 11.9 Å². The minimum atomic E-state index is -3.08. The molecule has 0 atom stereocenters. The van der Waals surface area contributed by atoms with Crippen molar-refractivity contribution in [1.82, 2.24) is 4.98 Å². The van der Waals surface area contributed by atoms with Crippen molar-refractivity contribution in [3.05, 3.63) is 24.0 Å². The fraction of sp³-hybridized carbons (Fsp3) is 0.400. The van der Waals surface area contributed by atoms with E-state index in [0.29, 0.717) is 0 Å². The maximum atomic E-state index is 11.2. The first-order chi connectivity index (χ1) is 7.94. The molecule has 0 aliphatic carbocycles.